The van der Waals surface area contributed by atoms with Gasteiger partial charge in [-0.15, -0.1) is 0 Å². The van der Waals surface area contributed by atoms with Gasteiger partial charge in [0.1, 0.15) is 6.54 Å². The molecule has 0 atom stereocenters. The van der Waals surface area contributed by atoms with Crippen LogP contribution in [0.2, 0.25) is 5.02 Å². The van der Waals surface area contributed by atoms with Gasteiger partial charge in [-0.25, -0.2) is 0 Å². The Hall–Kier alpha value is -1.07. The lowest BCUT2D eigenvalue weighted by atomic mass is 10.2. The summed E-state index contributed by atoms with van der Waals surface area (Å²) in [6.45, 7) is 0.207. The lowest BCUT2D eigenvalue weighted by Crippen LogP contribution is -2.37. The number of carboxylic acids is 1. The maximum absolute atomic E-state index is 12.4. The van der Waals surface area contributed by atoms with E-state index in [9.17, 15) is 9.59 Å². The predicted octanol–water partition coefficient (Wildman–Crippen LogP) is 3.04. The van der Waals surface area contributed by atoms with Crippen LogP contribution in [0.15, 0.2) is 22.7 Å². The second-order valence-corrected chi connectivity index (χ2v) is 5.94. The number of carboxylic acid groups (broad SMARTS) is 1. The average Bonchev–Trinajstić information content (AvgIpc) is 3.14. The van der Waals surface area contributed by atoms with E-state index >= 15 is 0 Å². The molecular formula is C13H13BrClNO3. The molecule has 0 spiro atoms. The van der Waals surface area contributed by atoms with Crippen molar-refractivity contribution in [3.8, 4) is 0 Å². The fraction of sp³-hybridized carbons (Fsp3) is 0.385. The Kier molecular flexibility index (Phi) is 4.47. The minimum absolute atomic E-state index is 0.283. The molecule has 2 rings (SSSR count). The standard InChI is InChI=1S/C13H13BrClNO3/c14-11-4-3-9(15)5-10(11)13(19)16(7-12(17)18)6-8-1-2-8/h3-5,8H,1-2,6-7H2,(H,17,18). The highest BCUT2D eigenvalue weighted by Gasteiger charge is 2.29. The van der Waals surface area contributed by atoms with Gasteiger partial charge in [0.2, 0.25) is 0 Å². The third kappa shape index (κ3) is 3.94. The zero-order valence-corrected chi connectivity index (χ0v) is 12.4. The molecule has 1 saturated carbocycles. The Morgan fingerprint density at radius 3 is 2.68 bits per heavy atom. The highest BCUT2D eigenvalue weighted by atomic mass is 79.9. The van der Waals surface area contributed by atoms with Gasteiger partial charge in [0.25, 0.3) is 5.91 Å². The highest BCUT2D eigenvalue weighted by Crippen LogP contribution is 2.31. The number of hydrogen-bond donors (Lipinski definition) is 1. The van der Waals surface area contributed by atoms with Crippen molar-refractivity contribution < 1.29 is 14.7 Å². The SMILES string of the molecule is O=C(O)CN(CC1CC1)C(=O)c1cc(Cl)ccc1Br. The minimum Gasteiger partial charge on any atom is -0.480 e. The fourth-order valence-electron chi connectivity index (χ4n) is 1.83. The first kappa shape index (κ1) is 14.3. The van der Waals surface area contributed by atoms with Crippen LogP contribution in [0.3, 0.4) is 0 Å². The largest absolute Gasteiger partial charge is 0.480 e. The second kappa shape index (κ2) is 5.92. The van der Waals surface area contributed by atoms with E-state index in [1.165, 1.54) is 4.90 Å². The van der Waals surface area contributed by atoms with Gasteiger partial charge in [0.15, 0.2) is 0 Å². The van der Waals surface area contributed by atoms with Crippen LogP contribution in [0.1, 0.15) is 23.2 Å². The topological polar surface area (TPSA) is 57.6 Å². The summed E-state index contributed by atoms with van der Waals surface area (Å²) in [5.41, 5.74) is 0.398. The molecule has 0 radical (unpaired) electrons. The maximum Gasteiger partial charge on any atom is 0.323 e. The molecule has 0 aliphatic heterocycles. The molecule has 1 aliphatic rings. The van der Waals surface area contributed by atoms with Gasteiger partial charge in [-0.05, 0) is 52.9 Å². The summed E-state index contributed by atoms with van der Waals surface area (Å²) in [7, 11) is 0. The van der Waals surface area contributed by atoms with Crippen LogP contribution in [0.4, 0.5) is 0 Å². The van der Waals surface area contributed by atoms with Gasteiger partial charge in [0, 0.05) is 16.0 Å². The number of benzene rings is 1. The first-order chi connectivity index (χ1) is 8.97. The van der Waals surface area contributed by atoms with E-state index in [0.717, 1.165) is 12.8 Å². The first-order valence-corrected chi connectivity index (χ1v) is 7.10. The lowest BCUT2D eigenvalue weighted by molar-refractivity contribution is -0.137. The average molecular weight is 347 g/mol. The number of hydrogen-bond acceptors (Lipinski definition) is 2. The summed E-state index contributed by atoms with van der Waals surface area (Å²) in [5, 5.41) is 9.36. The van der Waals surface area contributed by atoms with Crippen LogP contribution in [0, 0.1) is 5.92 Å². The van der Waals surface area contributed by atoms with Crippen molar-refractivity contribution >= 4 is 39.4 Å². The molecule has 1 fully saturated rings. The highest BCUT2D eigenvalue weighted by molar-refractivity contribution is 9.10. The number of aliphatic carboxylic acids is 1. The van der Waals surface area contributed by atoms with E-state index in [2.05, 4.69) is 15.9 Å². The summed E-state index contributed by atoms with van der Waals surface area (Å²) in [6.07, 6.45) is 2.11. The van der Waals surface area contributed by atoms with Crippen molar-refractivity contribution in [2.24, 2.45) is 5.92 Å². The molecule has 1 aromatic rings. The summed E-state index contributed by atoms with van der Waals surface area (Å²) in [6, 6.07) is 4.91. The molecule has 4 nitrogen and oxygen atoms in total. The van der Waals surface area contributed by atoms with E-state index in [1.807, 2.05) is 0 Å². The molecular weight excluding hydrogens is 334 g/mol. The molecule has 1 amide bonds. The number of nitrogens with zero attached hydrogens (tertiary/aromatic N) is 1. The van der Waals surface area contributed by atoms with Crippen LogP contribution < -0.4 is 0 Å². The number of amides is 1. The molecule has 102 valence electrons. The van der Waals surface area contributed by atoms with Gasteiger partial charge in [-0.3, -0.25) is 9.59 Å². The van der Waals surface area contributed by atoms with Crippen molar-refractivity contribution in [2.75, 3.05) is 13.1 Å². The molecule has 19 heavy (non-hydrogen) atoms. The van der Waals surface area contributed by atoms with Gasteiger partial charge in [0.05, 0.1) is 5.56 Å². The second-order valence-electron chi connectivity index (χ2n) is 4.65. The molecule has 1 N–H and O–H groups in total. The van der Waals surface area contributed by atoms with Crippen LogP contribution in [0.5, 0.6) is 0 Å². The van der Waals surface area contributed by atoms with Crippen molar-refractivity contribution in [2.45, 2.75) is 12.8 Å². The van der Waals surface area contributed by atoms with Gasteiger partial charge >= 0.3 is 5.97 Å². The molecule has 1 aliphatic carbocycles. The van der Waals surface area contributed by atoms with Crippen molar-refractivity contribution in [1.82, 2.24) is 4.90 Å². The van der Waals surface area contributed by atoms with Crippen molar-refractivity contribution in [3.63, 3.8) is 0 Å². The van der Waals surface area contributed by atoms with Crippen LogP contribution in [0.25, 0.3) is 0 Å². The summed E-state index contributed by atoms with van der Waals surface area (Å²) in [5.74, 6) is -0.878. The van der Waals surface area contributed by atoms with E-state index in [4.69, 9.17) is 16.7 Å². The fourth-order valence-corrected chi connectivity index (χ4v) is 2.41. The summed E-state index contributed by atoms with van der Waals surface area (Å²) >= 11 is 9.18. The van der Waals surface area contributed by atoms with Gasteiger partial charge in [-0.2, -0.15) is 0 Å². The number of rotatable bonds is 5. The lowest BCUT2D eigenvalue weighted by Gasteiger charge is -2.21. The monoisotopic (exact) mass is 345 g/mol. The third-order valence-electron chi connectivity index (χ3n) is 2.95. The molecule has 0 bridgehead atoms. The van der Waals surface area contributed by atoms with Crippen LogP contribution in [-0.4, -0.2) is 35.0 Å². The zero-order chi connectivity index (χ0) is 14.0. The molecule has 6 heteroatoms. The zero-order valence-electron chi connectivity index (χ0n) is 10.1. The molecule has 0 saturated heterocycles. The van der Waals surface area contributed by atoms with Gasteiger partial charge < -0.3 is 10.0 Å². The van der Waals surface area contributed by atoms with Crippen molar-refractivity contribution in [1.29, 1.82) is 0 Å². The number of halogens is 2. The van der Waals surface area contributed by atoms with E-state index < -0.39 is 5.97 Å². The summed E-state index contributed by atoms with van der Waals surface area (Å²) < 4.78 is 0.619. The smallest absolute Gasteiger partial charge is 0.323 e. The third-order valence-corrected chi connectivity index (χ3v) is 3.87. The Bertz CT molecular complexity index is 517. The Labute approximate surface area is 124 Å². The summed E-state index contributed by atoms with van der Waals surface area (Å²) in [4.78, 5) is 24.6. The minimum atomic E-state index is -1.01. The molecule has 0 heterocycles. The molecule has 0 aromatic heterocycles. The van der Waals surface area contributed by atoms with E-state index in [1.54, 1.807) is 18.2 Å². The Balaban J connectivity index is 2.21. The quantitative estimate of drug-likeness (QED) is 0.891. The normalized spacial score (nSPS) is 14.2. The Morgan fingerprint density at radius 1 is 1.42 bits per heavy atom. The van der Waals surface area contributed by atoms with E-state index in [0.29, 0.717) is 27.5 Å². The maximum atomic E-state index is 12.4. The predicted molar refractivity (Wildman–Crippen MR) is 75.4 cm³/mol. The first-order valence-electron chi connectivity index (χ1n) is 5.93. The Morgan fingerprint density at radius 2 is 2.11 bits per heavy atom. The molecule has 1 aromatic carbocycles. The van der Waals surface area contributed by atoms with E-state index in [-0.39, 0.29) is 12.5 Å². The number of carbonyl (C=O) groups excluding carboxylic acids is 1. The molecule has 0 unspecified atom stereocenters. The van der Waals surface area contributed by atoms with Crippen LogP contribution >= 0.6 is 27.5 Å². The number of carbonyl (C=O) groups is 2. The van der Waals surface area contributed by atoms with Crippen LogP contribution in [-0.2, 0) is 4.79 Å². The van der Waals surface area contributed by atoms with Gasteiger partial charge in [-0.1, -0.05) is 11.6 Å². The van der Waals surface area contributed by atoms with Crippen molar-refractivity contribution in [3.05, 3.63) is 33.3 Å².